The molecule has 1 aromatic heterocycles. The first-order valence-electron chi connectivity index (χ1n) is 7.16. The number of ether oxygens (including phenoxy) is 1. The minimum absolute atomic E-state index is 0.0907. The average Bonchev–Trinajstić information content (AvgIpc) is 2.81. The van der Waals surface area contributed by atoms with Gasteiger partial charge in [-0.05, 0) is 20.3 Å². The SMILES string of the molecule is CC[C@]12O[C@@H](n3cc(C)c(=O)[nH]c3=O)[C@H](NC1C)[C@@H]2C. The molecule has 3 rings (SSSR count). The molecule has 2 aliphatic rings. The van der Waals surface area contributed by atoms with Gasteiger partial charge in [0.25, 0.3) is 5.56 Å². The normalized spacial score (nSPS) is 39.4. The van der Waals surface area contributed by atoms with Crippen molar-refractivity contribution >= 4 is 0 Å². The van der Waals surface area contributed by atoms with E-state index in [1.165, 1.54) is 4.57 Å². The van der Waals surface area contributed by atoms with Gasteiger partial charge in [-0.1, -0.05) is 13.8 Å². The minimum atomic E-state index is -0.411. The van der Waals surface area contributed by atoms with Gasteiger partial charge in [-0.2, -0.15) is 0 Å². The lowest BCUT2D eigenvalue weighted by Crippen LogP contribution is -2.51. The molecule has 6 nitrogen and oxygen atoms in total. The highest BCUT2D eigenvalue weighted by molar-refractivity contribution is 5.14. The van der Waals surface area contributed by atoms with E-state index in [9.17, 15) is 9.59 Å². The van der Waals surface area contributed by atoms with Crippen LogP contribution >= 0.6 is 0 Å². The van der Waals surface area contributed by atoms with Gasteiger partial charge in [0.2, 0.25) is 0 Å². The molecule has 0 aromatic carbocycles. The van der Waals surface area contributed by atoms with Crippen LogP contribution in [0.3, 0.4) is 0 Å². The number of fused-ring (bicyclic) bond motifs is 2. The molecule has 1 aromatic rings. The molecule has 0 aliphatic carbocycles. The maximum Gasteiger partial charge on any atom is 0.330 e. The lowest BCUT2D eigenvalue weighted by atomic mass is 9.84. The lowest BCUT2D eigenvalue weighted by Gasteiger charge is -2.37. The molecule has 2 fully saturated rings. The largest absolute Gasteiger partial charge is 0.348 e. The summed E-state index contributed by atoms with van der Waals surface area (Å²) in [6, 6.07) is 0.358. The molecule has 5 atom stereocenters. The summed E-state index contributed by atoms with van der Waals surface area (Å²) in [6.07, 6.45) is 2.13. The molecule has 0 radical (unpaired) electrons. The number of aromatic amines is 1. The van der Waals surface area contributed by atoms with E-state index in [2.05, 4.69) is 31.1 Å². The molecule has 2 N–H and O–H groups in total. The molecule has 110 valence electrons. The van der Waals surface area contributed by atoms with Crippen molar-refractivity contribution in [2.24, 2.45) is 5.92 Å². The zero-order valence-electron chi connectivity index (χ0n) is 12.3. The van der Waals surface area contributed by atoms with Gasteiger partial charge in [0, 0.05) is 23.7 Å². The third-order valence-electron chi connectivity index (χ3n) is 5.10. The quantitative estimate of drug-likeness (QED) is 0.827. The summed E-state index contributed by atoms with van der Waals surface area (Å²) < 4.78 is 7.77. The third kappa shape index (κ3) is 1.58. The first-order chi connectivity index (χ1) is 9.40. The van der Waals surface area contributed by atoms with Crippen molar-refractivity contribution in [3.63, 3.8) is 0 Å². The van der Waals surface area contributed by atoms with Crippen molar-refractivity contribution in [1.82, 2.24) is 14.9 Å². The fraction of sp³-hybridized carbons (Fsp3) is 0.714. The molecule has 6 heteroatoms. The van der Waals surface area contributed by atoms with Crippen LogP contribution in [0.1, 0.15) is 39.0 Å². The highest BCUT2D eigenvalue weighted by Gasteiger charge is 2.61. The molecular formula is C14H21N3O3. The van der Waals surface area contributed by atoms with Crippen LogP contribution in [0.15, 0.2) is 15.8 Å². The molecule has 0 spiro atoms. The van der Waals surface area contributed by atoms with E-state index >= 15 is 0 Å². The first-order valence-corrected chi connectivity index (χ1v) is 7.16. The Bertz CT molecular complexity index is 650. The highest BCUT2D eigenvalue weighted by Crippen LogP contribution is 2.50. The van der Waals surface area contributed by atoms with Crippen LogP contribution in [0.25, 0.3) is 0 Å². The van der Waals surface area contributed by atoms with Crippen LogP contribution < -0.4 is 16.6 Å². The molecular weight excluding hydrogens is 258 g/mol. The monoisotopic (exact) mass is 279 g/mol. The molecule has 20 heavy (non-hydrogen) atoms. The Labute approximate surface area is 117 Å². The summed E-state index contributed by atoms with van der Waals surface area (Å²) >= 11 is 0. The second-order valence-electron chi connectivity index (χ2n) is 6.00. The maximum absolute atomic E-state index is 12.0. The van der Waals surface area contributed by atoms with Gasteiger partial charge in [0.15, 0.2) is 6.23 Å². The van der Waals surface area contributed by atoms with Crippen molar-refractivity contribution < 1.29 is 4.74 Å². The van der Waals surface area contributed by atoms with E-state index in [1.807, 2.05) is 0 Å². The molecule has 2 saturated heterocycles. The van der Waals surface area contributed by atoms with E-state index in [1.54, 1.807) is 13.1 Å². The standard InChI is InChI=1S/C14H21N3O3/c1-5-14-8(3)10(15-9(14)4)12(20-14)17-6-7(2)11(18)16-13(17)19/h6,8-10,12,15H,5H2,1-4H3,(H,16,18,19)/t8-,9?,10+,12+,14+/m0/s1. The number of nitrogens with zero attached hydrogens (tertiary/aromatic N) is 1. The van der Waals surface area contributed by atoms with Gasteiger partial charge >= 0.3 is 5.69 Å². The number of nitrogens with one attached hydrogen (secondary N) is 2. The second kappa shape index (κ2) is 4.30. The summed E-state index contributed by atoms with van der Waals surface area (Å²) in [4.78, 5) is 25.9. The van der Waals surface area contributed by atoms with Crippen molar-refractivity contribution in [2.75, 3.05) is 0 Å². The number of H-pyrrole nitrogens is 1. The highest BCUT2D eigenvalue weighted by atomic mass is 16.5. The number of aryl methyl sites for hydroxylation is 1. The molecule has 0 saturated carbocycles. The minimum Gasteiger partial charge on any atom is -0.348 e. The Balaban J connectivity index is 2.05. The zero-order valence-corrected chi connectivity index (χ0v) is 12.3. The Morgan fingerprint density at radius 2 is 2.10 bits per heavy atom. The lowest BCUT2D eigenvalue weighted by molar-refractivity contribution is -0.122. The Kier molecular flexibility index (Phi) is 2.92. The van der Waals surface area contributed by atoms with E-state index in [0.717, 1.165) is 6.42 Å². The average molecular weight is 279 g/mol. The van der Waals surface area contributed by atoms with Crippen LogP contribution in [-0.4, -0.2) is 27.2 Å². The topological polar surface area (TPSA) is 76.1 Å². The van der Waals surface area contributed by atoms with Gasteiger partial charge in [0.05, 0.1) is 11.6 Å². The van der Waals surface area contributed by atoms with Crippen molar-refractivity contribution in [1.29, 1.82) is 0 Å². The smallest absolute Gasteiger partial charge is 0.330 e. The predicted octanol–water partition coefficient (Wildman–Crippen LogP) is 0.519. The maximum atomic E-state index is 12.0. The second-order valence-corrected chi connectivity index (χ2v) is 6.00. The number of hydrogen-bond donors (Lipinski definition) is 2. The molecule has 1 unspecified atom stereocenters. The first kappa shape index (κ1) is 13.6. The van der Waals surface area contributed by atoms with Crippen LogP contribution in [0, 0.1) is 12.8 Å². The Morgan fingerprint density at radius 1 is 1.40 bits per heavy atom. The fourth-order valence-electron chi connectivity index (χ4n) is 3.83. The number of hydrogen-bond acceptors (Lipinski definition) is 4. The van der Waals surface area contributed by atoms with Crippen LogP contribution in [-0.2, 0) is 4.74 Å². The third-order valence-corrected chi connectivity index (χ3v) is 5.10. The van der Waals surface area contributed by atoms with Crippen LogP contribution in [0.4, 0.5) is 0 Å². The summed E-state index contributed by atoms with van der Waals surface area (Å²) in [7, 11) is 0. The number of rotatable bonds is 2. The van der Waals surface area contributed by atoms with E-state index in [0.29, 0.717) is 11.5 Å². The van der Waals surface area contributed by atoms with Crippen LogP contribution in [0.5, 0.6) is 0 Å². The fourth-order valence-corrected chi connectivity index (χ4v) is 3.83. The summed E-state index contributed by atoms with van der Waals surface area (Å²) in [5, 5.41) is 3.53. The summed E-state index contributed by atoms with van der Waals surface area (Å²) in [5.74, 6) is 0.326. The molecule has 3 heterocycles. The zero-order chi connectivity index (χ0) is 14.7. The van der Waals surface area contributed by atoms with Crippen molar-refractivity contribution in [2.45, 2.75) is 58.0 Å². The summed E-state index contributed by atoms with van der Waals surface area (Å²) in [6.45, 7) is 8.09. The van der Waals surface area contributed by atoms with Gasteiger partial charge < -0.3 is 10.1 Å². The Hall–Kier alpha value is -1.40. The van der Waals surface area contributed by atoms with Gasteiger partial charge in [-0.25, -0.2) is 4.79 Å². The molecule has 0 amide bonds. The Morgan fingerprint density at radius 3 is 2.70 bits per heavy atom. The van der Waals surface area contributed by atoms with E-state index < -0.39 is 5.69 Å². The molecule has 2 aliphatic heterocycles. The van der Waals surface area contributed by atoms with Gasteiger partial charge in [-0.3, -0.25) is 14.3 Å². The van der Waals surface area contributed by atoms with E-state index in [4.69, 9.17) is 4.74 Å². The van der Waals surface area contributed by atoms with Gasteiger partial charge in [0.1, 0.15) is 0 Å². The van der Waals surface area contributed by atoms with Crippen molar-refractivity contribution in [3.8, 4) is 0 Å². The van der Waals surface area contributed by atoms with Crippen LogP contribution in [0.2, 0.25) is 0 Å². The summed E-state index contributed by atoms with van der Waals surface area (Å²) in [5.41, 5.74) is -0.471. The van der Waals surface area contributed by atoms with Crippen molar-refractivity contribution in [3.05, 3.63) is 32.6 Å². The van der Waals surface area contributed by atoms with E-state index in [-0.39, 0.29) is 29.5 Å². The van der Waals surface area contributed by atoms with Gasteiger partial charge in [-0.15, -0.1) is 0 Å². The number of morpholine rings is 1. The predicted molar refractivity (Wildman–Crippen MR) is 74.8 cm³/mol. The molecule has 2 bridgehead atoms. The number of aromatic nitrogens is 2.